The number of hydrogen-bond donors (Lipinski definition) is 0. The molecule has 0 aromatic rings. The zero-order valence-electron chi connectivity index (χ0n) is 30.9. The molecule has 2 amide bonds. The summed E-state index contributed by atoms with van der Waals surface area (Å²) in [5.41, 5.74) is 1.22. The van der Waals surface area contributed by atoms with Gasteiger partial charge in [0, 0.05) is 69.9 Å². The number of amides is 2. The molecule has 8 nitrogen and oxygen atoms in total. The second-order valence-electron chi connectivity index (χ2n) is 16.2. The molecule has 0 aromatic carbocycles. The van der Waals surface area contributed by atoms with E-state index in [4.69, 9.17) is 0 Å². The predicted octanol–water partition coefficient (Wildman–Crippen LogP) is 5.91. The smallest absolute Gasteiger partial charge is 0.225 e. The molecule has 262 valence electrons. The summed E-state index contributed by atoms with van der Waals surface area (Å²) in [4.78, 5) is 29.2. The minimum absolute atomic E-state index is 0.165. The van der Waals surface area contributed by atoms with Gasteiger partial charge in [0.1, 0.15) is 0 Å². The summed E-state index contributed by atoms with van der Waals surface area (Å²) in [6, 6.07) is 0. The number of hydrogen-bond acceptors (Lipinski definition) is 5. The Kier molecular flexibility index (Phi) is 14.9. The van der Waals surface area contributed by atoms with Crippen LogP contribution in [0.3, 0.4) is 0 Å². The average molecular weight is 653 g/mol. The van der Waals surface area contributed by atoms with Crippen LogP contribution in [0.5, 0.6) is 0 Å². The number of rotatable bonds is 8. The van der Waals surface area contributed by atoms with Crippen LogP contribution in [0, 0.1) is 59.2 Å². The molecule has 5 aliphatic rings. The highest BCUT2D eigenvalue weighted by Gasteiger charge is 2.40. The van der Waals surface area contributed by atoms with Crippen molar-refractivity contribution in [2.75, 3.05) is 58.6 Å². The van der Waals surface area contributed by atoms with Gasteiger partial charge in [-0.1, -0.05) is 75.8 Å². The number of nitrogens with zero attached hydrogens (tertiary/aromatic N) is 4. The van der Waals surface area contributed by atoms with Crippen LogP contribution in [0.25, 0.3) is 0 Å². The second kappa shape index (κ2) is 17.0. The van der Waals surface area contributed by atoms with Crippen molar-refractivity contribution in [1.82, 2.24) is 19.0 Å². The van der Waals surface area contributed by atoms with Crippen LogP contribution < -0.4 is 0 Å². The van der Waals surface area contributed by atoms with Crippen molar-refractivity contribution in [2.24, 2.45) is 59.2 Å². The lowest BCUT2D eigenvalue weighted by Crippen LogP contribution is -2.53. The third-order valence-electron chi connectivity index (χ3n) is 10.4. The van der Waals surface area contributed by atoms with Crippen molar-refractivity contribution in [3.05, 3.63) is 12.3 Å². The van der Waals surface area contributed by atoms with Gasteiger partial charge in [0.15, 0.2) is 0 Å². The maximum Gasteiger partial charge on any atom is 0.225 e. The first kappa shape index (κ1) is 39.6. The standard InChI is InChI=1S/C10H17NO.C10H19NO.C9H17N.C7H15NO2S/c1-7(2)9-5-11(6-9)10(12)8-3-4-8;1-7(2)9-5-11(6-9)10(12)8(3)4;1-7(2)9-5-10(6-9)8(3)4;1-6(2)7-4-8(5-7)11(3,9)10/h7-9H,3-6H2,1-2H3;7-9H,5-6H2,1-4H3;7,9H,3,5-6H2,1-2,4H3;6-7H,4-5H2,1-3H3. The number of sulfonamides is 1. The fourth-order valence-corrected chi connectivity index (χ4v) is 6.51. The van der Waals surface area contributed by atoms with E-state index in [-0.39, 0.29) is 5.92 Å². The summed E-state index contributed by atoms with van der Waals surface area (Å²) in [5.74, 6) is 7.23. The van der Waals surface area contributed by atoms with Gasteiger partial charge in [-0.2, -0.15) is 0 Å². The highest BCUT2D eigenvalue weighted by atomic mass is 32.2. The van der Waals surface area contributed by atoms with Crippen molar-refractivity contribution in [2.45, 2.75) is 89.0 Å². The molecule has 0 aromatic heterocycles. The Labute approximate surface area is 277 Å². The van der Waals surface area contributed by atoms with E-state index in [1.165, 1.54) is 29.3 Å². The minimum Gasteiger partial charge on any atom is -0.375 e. The molecule has 5 fully saturated rings. The largest absolute Gasteiger partial charge is 0.375 e. The fourth-order valence-electron chi connectivity index (χ4n) is 5.59. The highest BCUT2D eigenvalue weighted by Crippen LogP contribution is 2.34. The molecule has 5 rings (SSSR count). The molecule has 0 N–H and O–H groups in total. The zero-order valence-corrected chi connectivity index (χ0v) is 31.7. The first-order valence-electron chi connectivity index (χ1n) is 17.7. The first-order chi connectivity index (χ1) is 20.7. The van der Waals surface area contributed by atoms with Crippen LogP contribution >= 0.6 is 0 Å². The van der Waals surface area contributed by atoms with E-state index in [9.17, 15) is 18.0 Å². The Morgan fingerprint density at radius 3 is 1.22 bits per heavy atom. The molecule has 1 saturated carbocycles. The minimum atomic E-state index is -2.90. The van der Waals surface area contributed by atoms with Crippen molar-refractivity contribution in [3.8, 4) is 0 Å². The molecule has 4 aliphatic heterocycles. The van der Waals surface area contributed by atoms with Gasteiger partial charge in [-0.25, -0.2) is 12.7 Å². The predicted molar refractivity (Wildman–Crippen MR) is 187 cm³/mol. The number of carbonyl (C=O) groups excluding carboxylic acids is 2. The van der Waals surface area contributed by atoms with Gasteiger partial charge in [0.25, 0.3) is 0 Å². The molecule has 0 bridgehead atoms. The molecule has 1 aliphatic carbocycles. The zero-order chi connectivity index (χ0) is 34.4. The van der Waals surface area contributed by atoms with E-state index in [1.807, 2.05) is 23.6 Å². The van der Waals surface area contributed by atoms with Crippen LogP contribution in [-0.4, -0.2) is 97.9 Å². The van der Waals surface area contributed by atoms with Crippen LogP contribution in [0.4, 0.5) is 0 Å². The summed E-state index contributed by atoms with van der Waals surface area (Å²) in [6.07, 6.45) is 3.55. The second-order valence-corrected chi connectivity index (χ2v) is 18.1. The van der Waals surface area contributed by atoms with Gasteiger partial charge in [-0.15, -0.1) is 0 Å². The van der Waals surface area contributed by atoms with Crippen molar-refractivity contribution in [3.63, 3.8) is 0 Å². The van der Waals surface area contributed by atoms with Crippen LogP contribution in [0.1, 0.15) is 89.0 Å². The van der Waals surface area contributed by atoms with Crippen LogP contribution in [0.15, 0.2) is 12.3 Å². The summed E-state index contributed by atoms with van der Waals surface area (Å²) < 4.78 is 23.3. The average Bonchev–Trinajstić information content (AvgIpc) is 3.59. The van der Waals surface area contributed by atoms with Gasteiger partial charge < -0.3 is 14.7 Å². The summed E-state index contributed by atoms with van der Waals surface area (Å²) in [6.45, 7) is 35.6. The Hall–Kier alpha value is -1.61. The molecule has 4 saturated heterocycles. The number of allylic oxidation sites excluding steroid dienone is 1. The quantitative estimate of drug-likeness (QED) is 0.326. The van der Waals surface area contributed by atoms with E-state index < -0.39 is 10.0 Å². The Morgan fingerprint density at radius 1 is 0.600 bits per heavy atom. The Morgan fingerprint density at radius 2 is 0.933 bits per heavy atom. The van der Waals surface area contributed by atoms with Crippen molar-refractivity contribution >= 4 is 21.8 Å². The topological polar surface area (TPSA) is 81.2 Å². The Bertz CT molecular complexity index is 1020. The Balaban J connectivity index is 0.000000210. The normalized spacial score (nSPS) is 21.2. The van der Waals surface area contributed by atoms with Gasteiger partial charge in [0.2, 0.25) is 21.8 Å². The monoisotopic (exact) mass is 652 g/mol. The van der Waals surface area contributed by atoms with Gasteiger partial charge in [-0.3, -0.25) is 9.59 Å². The molecule has 0 spiro atoms. The van der Waals surface area contributed by atoms with E-state index in [0.29, 0.717) is 29.6 Å². The van der Waals surface area contributed by atoms with Gasteiger partial charge in [0.05, 0.1) is 6.26 Å². The summed E-state index contributed by atoms with van der Waals surface area (Å²) >= 11 is 0. The maximum absolute atomic E-state index is 11.5. The van der Waals surface area contributed by atoms with E-state index in [1.54, 1.807) is 0 Å². The molecule has 0 radical (unpaired) electrons. The molecule has 4 heterocycles. The van der Waals surface area contributed by atoms with Gasteiger partial charge in [-0.05, 0) is 67.1 Å². The molecule has 0 atom stereocenters. The van der Waals surface area contributed by atoms with Gasteiger partial charge >= 0.3 is 0 Å². The van der Waals surface area contributed by atoms with Crippen molar-refractivity contribution < 1.29 is 18.0 Å². The van der Waals surface area contributed by atoms with Crippen LogP contribution in [-0.2, 0) is 19.6 Å². The lowest BCUT2D eigenvalue weighted by atomic mass is 9.88. The highest BCUT2D eigenvalue weighted by molar-refractivity contribution is 7.88. The SMILES string of the molecule is C=C(C)N1CC(C(C)C)C1.CC(C)C(=O)N1CC(C(C)C)C1.CC(C)C1CN(C(=O)C2CC2)C1.CC(C)C1CN(S(C)(=O)=O)C1. The lowest BCUT2D eigenvalue weighted by molar-refractivity contribution is -0.142. The summed E-state index contributed by atoms with van der Waals surface area (Å²) in [7, 11) is -2.90. The molecule has 45 heavy (non-hydrogen) atoms. The number of likely N-dealkylation sites (tertiary alicyclic amines) is 3. The van der Waals surface area contributed by atoms with Crippen molar-refractivity contribution in [1.29, 1.82) is 0 Å². The fraction of sp³-hybridized carbons (Fsp3) is 0.889. The molecule has 0 unspecified atom stereocenters. The molecular formula is C36H68N4O4S. The third kappa shape index (κ3) is 12.2. The van der Waals surface area contributed by atoms with E-state index >= 15 is 0 Å². The molecular weight excluding hydrogens is 584 g/mol. The summed E-state index contributed by atoms with van der Waals surface area (Å²) in [5, 5.41) is 0. The lowest BCUT2D eigenvalue weighted by Gasteiger charge is -2.43. The third-order valence-corrected chi connectivity index (χ3v) is 11.7. The van der Waals surface area contributed by atoms with E-state index in [0.717, 1.165) is 87.6 Å². The first-order valence-corrected chi connectivity index (χ1v) is 19.5. The van der Waals surface area contributed by atoms with Crippen LogP contribution in [0.2, 0.25) is 0 Å². The number of carbonyl (C=O) groups is 2. The molecule has 9 heteroatoms. The maximum atomic E-state index is 11.5. The van der Waals surface area contributed by atoms with E-state index in [2.05, 4.69) is 73.8 Å².